The van der Waals surface area contributed by atoms with E-state index in [-0.39, 0.29) is 0 Å². The molecule has 0 aliphatic rings. The van der Waals surface area contributed by atoms with E-state index in [9.17, 15) is 0 Å². The Labute approximate surface area is 391 Å². The highest BCUT2D eigenvalue weighted by atomic mass is 32.3. The molecular formula is C60H65N3S2. The van der Waals surface area contributed by atoms with Gasteiger partial charge in [-0.1, -0.05) is 100 Å². The Morgan fingerprint density at radius 2 is 1.08 bits per heavy atom. The SMILES string of the molecule is Cc1cccc(N(c2cc(-c3ccccc3)c(S(C)(C)C)cc2C)c2cc(C(C)C)c3ccc4c(Nc5cc(-c6cccnc6)c(S(C)(C)C)cc5C)cc(C(C)C)c5ccc2c3c45)c1. The molecule has 5 heteroatoms. The molecule has 332 valence electrons. The van der Waals surface area contributed by atoms with Crippen LogP contribution in [-0.2, 0) is 0 Å². The molecule has 0 atom stereocenters. The second kappa shape index (κ2) is 16.9. The summed E-state index contributed by atoms with van der Waals surface area (Å²) in [4.78, 5) is 9.95. The van der Waals surface area contributed by atoms with Crippen molar-refractivity contribution in [3.05, 3.63) is 168 Å². The molecule has 0 saturated heterocycles. The van der Waals surface area contributed by atoms with Crippen LogP contribution in [0.25, 0.3) is 54.6 Å². The number of pyridine rings is 1. The van der Waals surface area contributed by atoms with E-state index < -0.39 is 20.1 Å². The molecule has 0 aliphatic carbocycles. The van der Waals surface area contributed by atoms with E-state index in [2.05, 4.69) is 223 Å². The van der Waals surface area contributed by atoms with Crippen LogP contribution in [-0.4, -0.2) is 42.5 Å². The fraction of sp³-hybridized carbons (Fsp3) is 0.250. The lowest BCUT2D eigenvalue weighted by Gasteiger charge is -2.34. The van der Waals surface area contributed by atoms with Gasteiger partial charge in [0.25, 0.3) is 0 Å². The van der Waals surface area contributed by atoms with E-state index in [1.54, 1.807) is 0 Å². The van der Waals surface area contributed by atoms with Crippen LogP contribution >= 0.6 is 20.1 Å². The number of nitrogens with one attached hydrogen (secondary N) is 1. The molecule has 0 bridgehead atoms. The van der Waals surface area contributed by atoms with Crippen LogP contribution in [0.2, 0.25) is 0 Å². The first-order valence-corrected chi connectivity index (χ1v) is 28.7. The highest BCUT2D eigenvalue weighted by Crippen LogP contribution is 2.55. The van der Waals surface area contributed by atoms with Crippen LogP contribution in [0.3, 0.4) is 0 Å². The van der Waals surface area contributed by atoms with Gasteiger partial charge in [-0.3, -0.25) is 4.98 Å². The zero-order valence-electron chi connectivity index (χ0n) is 40.6. The molecule has 3 nitrogen and oxygen atoms in total. The minimum atomic E-state index is -1.06. The van der Waals surface area contributed by atoms with E-state index >= 15 is 0 Å². The summed E-state index contributed by atoms with van der Waals surface area (Å²) >= 11 is 0. The van der Waals surface area contributed by atoms with Crippen LogP contribution in [0.15, 0.2) is 150 Å². The maximum Gasteiger partial charge on any atom is 0.0543 e. The molecule has 0 spiro atoms. The Kier molecular flexibility index (Phi) is 11.6. The van der Waals surface area contributed by atoms with Crippen molar-refractivity contribution in [2.24, 2.45) is 0 Å². The van der Waals surface area contributed by atoms with Crippen molar-refractivity contribution in [1.29, 1.82) is 0 Å². The molecule has 9 aromatic rings. The third-order valence-electron chi connectivity index (χ3n) is 13.2. The number of rotatable bonds is 11. The van der Waals surface area contributed by atoms with Crippen molar-refractivity contribution in [3.8, 4) is 22.3 Å². The molecule has 8 aromatic carbocycles. The smallest absolute Gasteiger partial charge is 0.0543 e. The number of aryl methyl sites for hydroxylation is 3. The molecule has 0 unspecified atom stereocenters. The first kappa shape index (κ1) is 44.5. The lowest BCUT2D eigenvalue weighted by molar-refractivity contribution is 0.876. The maximum absolute atomic E-state index is 4.54. The molecule has 1 aromatic heterocycles. The summed E-state index contributed by atoms with van der Waals surface area (Å²) in [6.07, 6.45) is 18.3. The zero-order chi connectivity index (χ0) is 46.1. The summed E-state index contributed by atoms with van der Waals surface area (Å²) in [6.45, 7) is 16.2. The molecule has 1 heterocycles. The molecule has 0 aliphatic heterocycles. The van der Waals surface area contributed by atoms with E-state index in [0.29, 0.717) is 11.8 Å². The minimum Gasteiger partial charge on any atom is -0.355 e. The highest BCUT2D eigenvalue weighted by molar-refractivity contribution is 8.32. The summed E-state index contributed by atoms with van der Waals surface area (Å²) in [7, 11) is -2.10. The quantitative estimate of drug-likeness (QED) is 0.131. The van der Waals surface area contributed by atoms with Gasteiger partial charge in [-0.25, -0.2) is 20.1 Å². The Hall–Kier alpha value is -5.75. The van der Waals surface area contributed by atoms with Crippen molar-refractivity contribution >= 4 is 80.8 Å². The Balaban J connectivity index is 1.35. The van der Waals surface area contributed by atoms with Crippen LogP contribution < -0.4 is 10.2 Å². The molecule has 0 amide bonds. The predicted molar refractivity (Wildman–Crippen MR) is 293 cm³/mol. The third kappa shape index (κ3) is 8.16. The lowest BCUT2D eigenvalue weighted by atomic mass is 9.84. The number of hydrogen-bond acceptors (Lipinski definition) is 3. The van der Waals surface area contributed by atoms with Gasteiger partial charge in [0.05, 0.1) is 5.69 Å². The summed E-state index contributed by atoms with van der Waals surface area (Å²) in [5.74, 6) is 0.610. The molecule has 0 saturated carbocycles. The second-order valence-electron chi connectivity index (χ2n) is 20.3. The summed E-state index contributed by atoms with van der Waals surface area (Å²) in [5, 5.41) is 11.9. The molecular weight excluding hydrogens is 827 g/mol. The number of anilines is 5. The van der Waals surface area contributed by atoms with E-state index in [1.165, 1.54) is 104 Å². The summed E-state index contributed by atoms with van der Waals surface area (Å²) < 4.78 is 0. The highest BCUT2D eigenvalue weighted by Gasteiger charge is 2.27. The van der Waals surface area contributed by atoms with Crippen LogP contribution in [0.5, 0.6) is 0 Å². The zero-order valence-corrected chi connectivity index (χ0v) is 42.3. The molecule has 9 rings (SSSR count). The van der Waals surface area contributed by atoms with Crippen LogP contribution in [0.4, 0.5) is 28.4 Å². The number of benzene rings is 8. The Morgan fingerprint density at radius 1 is 0.492 bits per heavy atom. The Morgan fingerprint density at radius 3 is 1.69 bits per heavy atom. The fourth-order valence-corrected chi connectivity index (χ4v) is 12.7. The van der Waals surface area contributed by atoms with Gasteiger partial charge in [0.1, 0.15) is 0 Å². The predicted octanol–water partition coefficient (Wildman–Crippen LogP) is 17.8. The van der Waals surface area contributed by atoms with Gasteiger partial charge in [-0.2, -0.15) is 0 Å². The van der Waals surface area contributed by atoms with E-state index in [1.807, 2.05) is 18.5 Å². The lowest BCUT2D eigenvalue weighted by Crippen LogP contribution is -2.14. The summed E-state index contributed by atoms with van der Waals surface area (Å²) in [6, 6.07) is 48.6. The van der Waals surface area contributed by atoms with Gasteiger partial charge in [0.2, 0.25) is 0 Å². The van der Waals surface area contributed by atoms with Crippen molar-refractivity contribution < 1.29 is 0 Å². The maximum atomic E-state index is 4.54. The first-order chi connectivity index (χ1) is 30.9. The average molecular weight is 892 g/mol. The monoisotopic (exact) mass is 891 g/mol. The van der Waals surface area contributed by atoms with E-state index in [4.69, 9.17) is 0 Å². The normalized spacial score (nSPS) is 12.8. The van der Waals surface area contributed by atoms with Crippen molar-refractivity contribution in [1.82, 2.24) is 4.98 Å². The van der Waals surface area contributed by atoms with Gasteiger partial charge in [-0.15, -0.1) is 0 Å². The minimum absolute atomic E-state index is 0.296. The van der Waals surface area contributed by atoms with Crippen molar-refractivity contribution in [2.75, 3.05) is 47.8 Å². The standard InChI is InChI=1S/C60H65N3S2/c1-37(2)49-32-54(62-53-33-51(43-22-18-28-61-36-43)57(30-40(53)6)64(8,9)10)47-26-24-46-50(38(3)4)34-56(48-27-25-45(49)59(47)60(46)48)63(44-23-17-19-39(5)29-44)55-35-52(42-20-15-14-16-21-42)58(31-41(55)7)65(11,12)13/h14-38,62H,1-13H3. The van der Waals surface area contributed by atoms with Gasteiger partial charge in [0.15, 0.2) is 0 Å². The van der Waals surface area contributed by atoms with Gasteiger partial charge >= 0.3 is 0 Å². The Bertz CT molecular complexity index is 3230. The topological polar surface area (TPSA) is 28.2 Å². The fourth-order valence-electron chi connectivity index (χ4n) is 9.92. The van der Waals surface area contributed by atoms with Gasteiger partial charge < -0.3 is 10.2 Å². The van der Waals surface area contributed by atoms with E-state index in [0.717, 1.165) is 16.9 Å². The summed E-state index contributed by atoms with van der Waals surface area (Å²) in [5.41, 5.74) is 17.3. The second-order valence-corrected chi connectivity index (χ2v) is 28.5. The van der Waals surface area contributed by atoms with Gasteiger partial charge in [-0.05, 0) is 201 Å². The molecule has 1 N–H and O–H groups in total. The van der Waals surface area contributed by atoms with Crippen LogP contribution in [0.1, 0.15) is 67.3 Å². The molecule has 0 radical (unpaired) electrons. The molecule has 0 fully saturated rings. The van der Waals surface area contributed by atoms with Gasteiger partial charge in [0, 0.05) is 51.5 Å². The van der Waals surface area contributed by atoms with Crippen molar-refractivity contribution in [3.63, 3.8) is 0 Å². The first-order valence-electron chi connectivity index (χ1n) is 22.9. The molecule has 65 heavy (non-hydrogen) atoms. The average Bonchev–Trinajstić information content (AvgIpc) is 3.26. The number of hydrogen-bond donors (Lipinski definition) is 1. The number of nitrogens with zero attached hydrogens (tertiary/aromatic N) is 2. The van der Waals surface area contributed by atoms with Crippen LogP contribution in [0, 0.1) is 20.8 Å². The number of aromatic nitrogens is 1. The van der Waals surface area contributed by atoms with Crippen molar-refractivity contribution in [2.45, 2.75) is 70.1 Å². The largest absolute Gasteiger partial charge is 0.355 e. The third-order valence-corrected chi connectivity index (χ3v) is 16.5.